The number of rotatable bonds is 4. The fourth-order valence-corrected chi connectivity index (χ4v) is 1.93. The Kier molecular flexibility index (Phi) is 3.76. The first-order valence-electron chi connectivity index (χ1n) is 6.31. The standard InChI is InChI=1S/C14H18FN3O2/c1-13(2,3)8-14(19,18-10-16-9-17-18)20-12-6-4-11(15)5-7-12/h4-7,9-10,19H,8H2,1-3H3. The summed E-state index contributed by atoms with van der Waals surface area (Å²) >= 11 is 0. The smallest absolute Gasteiger partial charge is 0.313 e. The highest BCUT2D eigenvalue weighted by Gasteiger charge is 2.37. The van der Waals surface area contributed by atoms with E-state index in [1.807, 2.05) is 20.8 Å². The van der Waals surface area contributed by atoms with Gasteiger partial charge in [-0.25, -0.2) is 9.37 Å². The molecule has 20 heavy (non-hydrogen) atoms. The Morgan fingerprint density at radius 2 is 1.90 bits per heavy atom. The predicted molar refractivity (Wildman–Crippen MR) is 71.3 cm³/mol. The summed E-state index contributed by atoms with van der Waals surface area (Å²) < 4.78 is 19.8. The maximum absolute atomic E-state index is 12.9. The minimum Gasteiger partial charge on any atom is -0.443 e. The average Bonchev–Trinajstić information content (AvgIpc) is 2.84. The van der Waals surface area contributed by atoms with E-state index in [2.05, 4.69) is 10.1 Å². The Labute approximate surface area is 117 Å². The lowest BCUT2D eigenvalue weighted by molar-refractivity contribution is -0.232. The molecule has 1 heterocycles. The highest BCUT2D eigenvalue weighted by Crippen LogP contribution is 2.32. The topological polar surface area (TPSA) is 60.2 Å². The van der Waals surface area contributed by atoms with Crippen molar-refractivity contribution < 1.29 is 14.2 Å². The van der Waals surface area contributed by atoms with Crippen LogP contribution in [0.3, 0.4) is 0 Å². The molecule has 0 radical (unpaired) electrons. The summed E-state index contributed by atoms with van der Waals surface area (Å²) in [6.07, 6.45) is 3.00. The Hall–Kier alpha value is -1.95. The second-order valence-electron chi connectivity index (χ2n) is 5.88. The molecule has 108 valence electrons. The van der Waals surface area contributed by atoms with Gasteiger partial charge in [-0.1, -0.05) is 20.8 Å². The zero-order valence-electron chi connectivity index (χ0n) is 11.7. The summed E-state index contributed by atoms with van der Waals surface area (Å²) in [4.78, 5) is 3.83. The summed E-state index contributed by atoms with van der Waals surface area (Å²) in [5.41, 5.74) is -0.208. The molecule has 1 N–H and O–H groups in total. The average molecular weight is 279 g/mol. The van der Waals surface area contributed by atoms with Crippen LogP contribution in [0.1, 0.15) is 27.2 Å². The molecule has 0 fully saturated rings. The molecule has 0 saturated carbocycles. The second-order valence-corrected chi connectivity index (χ2v) is 5.88. The molecule has 1 unspecified atom stereocenters. The van der Waals surface area contributed by atoms with E-state index >= 15 is 0 Å². The monoisotopic (exact) mass is 279 g/mol. The maximum atomic E-state index is 12.9. The highest BCUT2D eigenvalue weighted by molar-refractivity contribution is 5.22. The molecular weight excluding hydrogens is 261 g/mol. The van der Waals surface area contributed by atoms with E-state index in [1.165, 1.54) is 41.6 Å². The molecular formula is C14H18FN3O2. The number of aliphatic hydroxyl groups is 1. The molecule has 0 spiro atoms. The van der Waals surface area contributed by atoms with Gasteiger partial charge in [-0.15, -0.1) is 0 Å². The van der Waals surface area contributed by atoms with E-state index in [4.69, 9.17) is 4.74 Å². The van der Waals surface area contributed by atoms with Crippen molar-refractivity contribution in [1.29, 1.82) is 0 Å². The maximum Gasteiger partial charge on any atom is 0.313 e. The lowest BCUT2D eigenvalue weighted by atomic mass is 9.90. The lowest BCUT2D eigenvalue weighted by Gasteiger charge is -2.33. The van der Waals surface area contributed by atoms with Crippen LogP contribution >= 0.6 is 0 Å². The molecule has 1 atom stereocenters. The zero-order chi connectivity index (χ0) is 14.8. The lowest BCUT2D eigenvalue weighted by Crippen LogP contribution is -2.43. The van der Waals surface area contributed by atoms with Gasteiger partial charge in [-0.05, 0) is 29.7 Å². The van der Waals surface area contributed by atoms with E-state index in [-0.39, 0.29) is 11.2 Å². The molecule has 2 aromatic rings. The molecule has 1 aromatic heterocycles. The molecule has 6 heteroatoms. The fraction of sp³-hybridized carbons (Fsp3) is 0.429. The van der Waals surface area contributed by atoms with Gasteiger partial charge >= 0.3 is 5.91 Å². The zero-order valence-corrected chi connectivity index (χ0v) is 11.7. The van der Waals surface area contributed by atoms with Gasteiger partial charge in [0.1, 0.15) is 24.2 Å². The summed E-state index contributed by atoms with van der Waals surface area (Å²) in [6.45, 7) is 5.93. The van der Waals surface area contributed by atoms with Gasteiger partial charge in [0.05, 0.1) is 0 Å². The Bertz CT molecular complexity index is 549. The molecule has 0 bridgehead atoms. The van der Waals surface area contributed by atoms with E-state index < -0.39 is 5.91 Å². The van der Waals surface area contributed by atoms with Crippen LogP contribution in [0.4, 0.5) is 4.39 Å². The summed E-state index contributed by atoms with van der Waals surface area (Å²) in [5, 5.41) is 14.7. The fourth-order valence-electron chi connectivity index (χ4n) is 1.93. The SMILES string of the molecule is CC(C)(C)CC(O)(Oc1ccc(F)cc1)n1cncn1. The molecule has 0 aliphatic heterocycles. The quantitative estimate of drug-likeness (QED) is 0.874. The Morgan fingerprint density at radius 1 is 1.25 bits per heavy atom. The van der Waals surface area contributed by atoms with Crippen molar-refractivity contribution >= 4 is 0 Å². The van der Waals surface area contributed by atoms with Crippen LogP contribution in [0.5, 0.6) is 5.75 Å². The van der Waals surface area contributed by atoms with Gasteiger partial charge in [0.25, 0.3) is 0 Å². The highest BCUT2D eigenvalue weighted by atomic mass is 19.1. The van der Waals surface area contributed by atoms with Crippen LogP contribution in [-0.4, -0.2) is 19.9 Å². The predicted octanol–water partition coefficient (Wildman–Crippen LogP) is 2.54. The van der Waals surface area contributed by atoms with Crippen LogP contribution in [0.15, 0.2) is 36.9 Å². The summed E-state index contributed by atoms with van der Waals surface area (Å²) in [7, 11) is 0. The van der Waals surface area contributed by atoms with Crippen molar-refractivity contribution in [3.63, 3.8) is 0 Å². The van der Waals surface area contributed by atoms with Crippen LogP contribution in [-0.2, 0) is 5.91 Å². The van der Waals surface area contributed by atoms with Crippen LogP contribution in [0.25, 0.3) is 0 Å². The Morgan fingerprint density at radius 3 is 2.40 bits per heavy atom. The van der Waals surface area contributed by atoms with Crippen molar-refractivity contribution in [3.8, 4) is 5.75 Å². The van der Waals surface area contributed by atoms with E-state index in [0.29, 0.717) is 12.2 Å². The van der Waals surface area contributed by atoms with Crippen molar-refractivity contribution in [2.45, 2.75) is 33.1 Å². The first-order chi connectivity index (χ1) is 9.28. The molecule has 0 saturated heterocycles. The van der Waals surface area contributed by atoms with Crippen molar-refractivity contribution in [2.24, 2.45) is 5.41 Å². The molecule has 2 rings (SSSR count). The third-order valence-corrected chi connectivity index (χ3v) is 2.63. The van der Waals surface area contributed by atoms with Crippen LogP contribution in [0.2, 0.25) is 0 Å². The number of ether oxygens (including phenoxy) is 1. The minimum absolute atomic E-state index is 0.208. The first kappa shape index (κ1) is 14.5. The van der Waals surface area contributed by atoms with Crippen LogP contribution < -0.4 is 4.74 Å². The largest absolute Gasteiger partial charge is 0.443 e. The molecule has 0 amide bonds. The minimum atomic E-state index is -1.67. The molecule has 5 nitrogen and oxygen atoms in total. The van der Waals surface area contributed by atoms with Gasteiger partial charge in [0, 0.05) is 6.42 Å². The number of benzene rings is 1. The van der Waals surface area contributed by atoms with Gasteiger partial charge < -0.3 is 9.84 Å². The van der Waals surface area contributed by atoms with E-state index in [9.17, 15) is 9.50 Å². The number of halogens is 1. The van der Waals surface area contributed by atoms with Crippen molar-refractivity contribution in [3.05, 3.63) is 42.7 Å². The normalized spacial score (nSPS) is 14.8. The van der Waals surface area contributed by atoms with E-state index in [0.717, 1.165) is 0 Å². The molecule has 1 aromatic carbocycles. The summed E-state index contributed by atoms with van der Waals surface area (Å²) in [5.74, 6) is -1.68. The number of hydrogen-bond donors (Lipinski definition) is 1. The van der Waals surface area contributed by atoms with Crippen molar-refractivity contribution in [1.82, 2.24) is 14.8 Å². The number of nitrogens with zero attached hydrogens (tertiary/aromatic N) is 3. The molecule has 0 aliphatic carbocycles. The summed E-state index contributed by atoms with van der Waals surface area (Å²) in [6, 6.07) is 5.46. The Balaban J connectivity index is 2.29. The molecule has 0 aliphatic rings. The first-order valence-corrected chi connectivity index (χ1v) is 6.31. The van der Waals surface area contributed by atoms with Crippen molar-refractivity contribution in [2.75, 3.05) is 0 Å². The second kappa shape index (κ2) is 5.20. The van der Waals surface area contributed by atoms with Gasteiger partial charge in [0.2, 0.25) is 0 Å². The third-order valence-electron chi connectivity index (χ3n) is 2.63. The van der Waals surface area contributed by atoms with Crippen LogP contribution in [0, 0.1) is 11.2 Å². The van der Waals surface area contributed by atoms with E-state index in [1.54, 1.807) is 0 Å². The third kappa shape index (κ3) is 3.54. The van der Waals surface area contributed by atoms with Gasteiger partial charge in [-0.2, -0.15) is 9.78 Å². The number of hydrogen-bond acceptors (Lipinski definition) is 4. The number of aromatic nitrogens is 3. The van der Waals surface area contributed by atoms with Gasteiger partial charge in [0.15, 0.2) is 0 Å². The van der Waals surface area contributed by atoms with Gasteiger partial charge in [-0.3, -0.25) is 0 Å².